The molecule has 0 saturated carbocycles. The molecule has 1 atom stereocenters. The van der Waals surface area contributed by atoms with Crippen LogP contribution in [0.15, 0.2) is 46.6 Å². The first-order valence-corrected chi connectivity index (χ1v) is 9.58. The van der Waals surface area contributed by atoms with Crippen LogP contribution in [-0.4, -0.2) is 34.4 Å². The first-order valence-electron chi connectivity index (χ1n) is 8.70. The number of ether oxygens (including phenoxy) is 1. The number of amides is 1. The SMILES string of the molecule is C[C@H](OC(=O)c1cc(=O)[nH]c2ccccc12)C(=O)N1CCc2sccc2C1. The third-order valence-corrected chi connectivity index (χ3v) is 5.74. The minimum Gasteiger partial charge on any atom is -0.449 e. The number of benzene rings is 1. The first kappa shape index (κ1) is 17.5. The highest BCUT2D eigenvalue weighted by Crippen LogP contribution is 2.25. The number of fused-ring (bicyclic) bond motifs is 2. The molecule has 0 unspecified atom stereocenters. The number of nitrogens with one attached hydrogen (secondary N) is 1. The summed E-state index contributed by atoms with van der Waals surface area (Å²) in [6.07, 6.45) is -0.103. The summed E-state index contributed by atoms with van der Waals surface area (Å²) in [5.41, 5.74) is 1.48. The number of rotatable bonds is 3. The normalized spacial score (nSPS) is 14.6. The highest BCUT2D eigenvalue weighted by molar-refractivity contribution is 7.10. The van der Waals surface area contributed by atoms with Crippen LogP contribution in [0.25, 0.3) is 10.9 Å². The van der Waals surface area contributed by atoms with Gasteiger partial charge in [-0.3, -0.25) is 9.59 Å². The molecular weight excluding hydrogens is 364 g/mol. The van der Waals surface area contributed by atoms with Crippen LogP contribution in [0.2, 0.25) is 0 Å². The number of esters is 1. The number of pyridine rings is 1. The van der Waals surface area contributed by atoms with E-state index in [-0.39, 0.29) is 17.0 Å². The Kier molecular flexibility index (Phi) is 4.53. The van der Waals surface area contributed by atoms with Gasteiger partial charge in [-0.1, -0.05) is 18.2 Å². The average molecular weight is 382 g/mol. The van der Waals surface area contributed by atoms with Gasteiger partial charge in [0.05, 0.1) is 5.56 Å². The maximum atomic E-state index is 12.7. The smallest absolute Gasteiger partial charge is 0.339 e. The van der Waals surface area contributed by atoms with Gasteiger partial charge in [0.15, 0.2) is 6.10 Å². The summed E-state index contributed by atoms with van der Waals surface area (Å²) in [5.74, 6) is -0.902. The van der Waals surface area contributed by atoms with Crippen LogP contribution >= 0.6 is 11.3 Å². The highest BCUT2D eigenvalue weighted by atomic mass is 32.1. The average Bonchev–Trinajstić information content (AvgIpc) is 3.14. The van der Waals surface area contributed by atoms with Crippen molar-refractivity contribution in [2.75, 3.05) is 6.54 Å². The van der Waals surface area contributed by atoms with Gasteiger partial charge < -0.3 is 14.6 Å². The van der Waals surface area contributed by atoms with Gasteiger partial charge in [-0.2, -0.15) is 0 Å². The molecule has 0 radical (unpaired) electrons. The van der Waals surface area contributed by atoms with Crippen LogP contribution in [0, 0.1) is 0 Å². The number of carbonyl (C=O) groups is 2. The molecule has 0 saturated heterocycles. The van der Waals surface area contributed by atoms with Crippen molar-refractivity contribution in [2.45, 2.75) is 26.0 Å². The van der Waals surface area contributed by atoms with Gasteiger partial charge in [-0.25, -0.2) is 4.79 Å². The lowest BCUT2D eigenvalue weighted by atomic mass is 10.1. The van der Waals surface area contributed by atoms with Gasteiger partial charge in [0, 0.05) is 34.9 Å². The largest absolute Gasteiger partial charge is 0.449 e. The third kappa shape index (κ3) is 3.38. The van der Waals surface area contributed by atoms with Crippen LogP contribution in [-0.2, 0) is 22.5 Å². The number of para-hydroxylation sites is 1. The Labute approximate surface area is 159 Å². The molecule has 0 spiro atoms. The second-order valence-electron chi connectivity index (χ2n) is 6.52. The van der Waals surface area contributed by atoms with E-state index in [1.807, 2.05) is 11.4 Å². The number of aromatic amines is 1. The number of nitrogens with zero attached hydrogens (tertiary/aromatic N) is 1. The standard InChI is InChI=1S/C20H18N2O4S/c1-12(19(24)22-8-6-17-13(11-22)7-9-27-17)26-20(25)15-10-18(23)21-16-5-3-2-4-14(15)16/h2-5,7,9-10,12H,6,8,11H2,1H3,(H,21,23)/t12-/m0/s1. The van der Waals surface area contributed by atoms with Gasteiger partial charge >= 0.3 is 5.97 Å². The number of carbonyl (C=O) groups excluding carboxylic acids is 2. The van der Waals surface area contributed by atoms with Crippen molar-refractivity contribution in [3.05, 3.63) is 68.1 Å². The summed E-state index contributed by atoms with van der Waals surface area (Å²) in [6.45, 7) is 2.72. The maximum Gasteiger partial charge on any atom is 0.339 e. The minimum absolute atomic E-state index is 0.160. The van der Waals surface area contributed by atoms with E-state index in [1.54, 1.807) is 47.4 Å². The zero-order valence-corrected chi connectivity index (χ0v) is 15.5. The summed E-state index contributed by atoms with van der Waals surface area (Å²) in [5, 5.41) is 2.61. The van der Waals surface area contributed by atoms with Crippen molar-refractivity contribution in [1.82, 2.24) is 9.88 Å². The Hall–Kier alpha value is -2.93. The molecule has 1 N–H and O–H groups in total. The fourth-order valence-electron chi connectivity index (χ4n) is 3.34. The first-order chi connectivity index (χ1) is 13.0. The van der Waals surface area contributed by atoms with Crippen molar-refractivity contribution in [1.29, 1.82) is 0 Å². The van der Waals surface area contributed by atoms with Gasteiger partial charge in [0.25, 0.3) is 5.91 Å². The molecule has 0 fully saturated rings. The van der Waals surface area contributed by atoms with Gasteiger partial charge in [-0.15, -0.1) is 11.3 Å². The van der Waals surface area contributed by atoms with Gasteiger partial charge in [0.2, 0.25) is 5.56 Å². The number of hydrogen-bond acceptors (Lipinski definition) is 5. The summed E-state index contributed by atoms with van der Waals surface area (Å²) >= 11 is 1.70. The molecule has 7 heteroatoms. The van der Waals surface area contributed by atoms with Crippen molar-refractivity contribution >= 4 is 34.1 Å². The molecule has 3 aromatic rings. The Bertz CT molecular complexity index is 1080. The van der Waals surface area contributed by atoms with E-state index in [4.69, 9.17) is 4.74 Å². The maximum absolute atomic E-state index is 12.7. The van der Waals surface area contributed by atoms with E-state index in [1.165, 1.54) is 10.9 Å². The van der Waals surface area contributed by atoms with E-state index in [0.717, 1.165) is 12.0 Å². The van der Waals surface area contributed by atoms with Crippen LogP contribution in [0.3, 0.4) is 0 Å². The van der Waals surface area contributed by atoms with E-state index in [0.29, 0.717) is 24.0 Å². The molecule has 138 valence electrons. The zero-order valence-electron chi connectivity index (χ0n) is 14.7. The Morgan fingerprint density at radius 3 is 2.93 bits per heavy atom. The molecular formula is C20H18N2O4S. The van der Waals surface area contributed by atoms with E-state index in [9.17, 15) is 14.4 Å². The van der Waals surface area contributed by atoms with Crippen LogP contribution < -0.4 is 5.56 Å². The second-order valence-corrected chi connectivity index (χ2v) is 7.52. The number of aromatic nitrogens is 1. The predicted octanol–water partition coefficient (Wildman–Crippen LogP) is 2.72. The van der Waals surface area contributed by atoms with E-state index >= 15 is 0 Å². The van der Waals surface area contributed by atoms with Gasteiger partial charge in [-0.05, 0) is 36.4 Å². The van der Waals surface area contributed by atoms with Crippen LogP contribution in [0.4, 0.5) is 0 Å². The Morgan fingerprint density at radius 1 is 1.26 bits per heavy atom. The molecule has 1 aliphatic rings. The number of thiophene rings is 1. The molecule has 1 aromatic carbocycles. The van der Waals surface area contributed by atoms with E-state index < -0.39 is 12.1 Å². The highest BCUT2D eigenvalue weighted by Gasteiger charge is 2.28. The summed E-state index contributed by atoms with van der Waals surface area (Å²) < 4.78 is 5.40. The van der Waals surface area contributed by atoms with Crippen molar-refractivity contribution < 1.29 is 14.3 Å². The third-order valence-electron chi connectivity index (χ3n) is 4.72. The Balaban J connectivity index is 1.52. The lowest BCUT2D eigenvalue weighted by Gasteiger charge is -2.29. The number of hydrogen-bond donors (Lipinski definition) is 1. The molecule has 27 heavy (non-hydrogen) atoms. The van der Waals surface area contributed by atoms with E-state index in [2.05, 4.69) is 4.98 Å². The molecule has 0 aliphatic carbocycles. The van der Waals surface area contributed by atoms with Gasteiger partial charge in [0.1, 0.15) is 0 Å². The fraction of sp³-hybridized carbons (Fsp3) is 0.250. The topological polar surface area (TPSA) is 79.5 Å². The summed E-state index contributed by atoms with van der Waals surface area (Å²) in [7, 11) is 0. The van der Waals surface area contributed by atoms with Crippen LogP contribution in [0.5, 0.6) is 0 Å². The molecule has 3 heterocycles. The van der Waals surface area contributed by atoms with Crippen molar-refractivity contribution in [3.8, 4) is 0 Å². The monoisotopic (exact) mass is 382 g/mol. The molecule has 1 amide bonds. The Morgan fingerprint density at radius 2 is 2.07 bits per heavy atom. The van der Waals surface area contributed by atoms with Crippen molar-refractivity contribution in [2.24, 2.45) is 0 Å². The molecule has 4 rings (SSSR count). The molecule has 6 nitrogen and oxygen atoms in total. The fourth-order valence-corrected chi connectivity index (χ4v) is 4.23. The second kappa shape index (κ2) is 7.00. The summed E-state index contributed by atoms with van der Waals surface area (Å²) in [6, 6.07) is 10.2. The van der Waals surface area contributed by atoms with Crippen molar-refractivity contribution in [3.63, 3.8) is 0 Å². The predicted molar refractivity (Wildman–Crippen MR) is 103 cm³/mol. The summed E-state index contributed by atoms with van der Waals surface area (Å²) in [4.78, 5) is 42.9. The molecule has 2 aromatic heterocycles. The quantitative estimate of drug-likeness (QED) is 0.707. The van der Waals surface area contributed by atoms with Crippen LogP contribution in [0.1, 0.15) is 27.7 Å². The lowest BCUT2D eigenvalue weighted by molar-refractivity contribution is -0.140. The minimum atomic E-state index is -0.921. The number of H-pyrrole nitrogens is 1. The zero-order chi connectivity index (χ0) is 19.0. The lowest BCUT2D eigenvalue weighted by Crippen LogP contribution is -2.42. The molecule has 0 bridgehead atoms. The molecule has 1 aliphatic heterocycles.